The van der Waals surface area contributed by atoms with Crippen LogP contribution in [0.4, 0.5) is 0 Å². The van der Waals surface area contributed by atoms with Crippen molar-refractivity contribution >= 4 is 21.9 Å². The zero-order valence-corrected chi connectivity index (χ0v) is 16.1. The smallest absolute Gasteiger partial charge is 0.338 e. The third kappa shape index (κ3) is 6.04. The van der Waals surface area contributed by atoms with Gasteiger partial charge in [0.1, 0.15) is 0 Å². The van der Waals surface area contributed by atoms with Crippen molar-refractivity contribution in [1.82, 2.24) is 10.0 Å². The van der Waals surface area contributed by atoms with Crippen molar-refractivity contribution in [3.8, 4) is 0 Å². The predicted molar refractivity (Wildman–Crippen MR) is 99.7 cm³/mol. The quantitative estimate of drug-likeness (QED) is 0.545. The van der Waals surface area contributed by atoms with Gasteiger partial charge in [0, 0.05) is 12.1 Å². The first-order valence-electron chi connectivity index (χ1n) is 9.53. The van der Waals surface area contributed by atoms with Gasteiger partial charge in [-0.05, 0) is 49.9 Å². The van der Waals surface area contributed by atoms with Crippen molar-refractivity contribution in [1.29, 1.82) is 0 Å². The molecule has 0 aromatic heterocycles. The van der Waals surface area contributed by atoms with Crippen LogP contribution < -0.4 is 10.0 Å². The molecular weight excluding hydrogens is 368 g/mol. The number of amides is 1. The van der Waals surface area contributed by atoms with Gasteiger partial charge >= 0.3 is 5.97 Å². The average Bonchev–Trinajstić information content (AvgIpc) is 3.47. The molecule has 7 nitrogen and oxygen atoms in total. The largest absolute Gasteiger partial charge is 0.452 e. The fourth-order valence-corrected chi connectivity index (χ4v) is 4.47. The molecule has 2 saturated carbocycles. The van der Waals surface area contributed by atoms with Crippen molar-refractivity contribution < 1.29 is 22.7 Å². The number of rotatable bonds is 7. The average molecular weight is 394 g/mol. The van der Waals surface area contributed by atoms with Crippen LogP contribution in [0.3, 0.4) is 0 Å². The van der Waals surface area contributed by atoms with Gasteiger partial charge in [-0.2, -0.15) is 0 Å². The molecule has 2 fully saturated rings. The van der Waals surface area contributed by atoms with Gasteiger partial charge in [0.25, 0.3) is 5.91 Å². The summed E-state index contributed by atoms with van der Waals surface area (Å²) in [6.07, 6.45) is 8.24. The van der Waals surface area contributed by atoms with E-state index in [0.717, 1.165) is 38.5 Å². The van der Waals surface area contributed by atoms with E-state index in [1.54, 1.807) is 0 Å². The molecule has 0 saturated heterocycles. The number of carbonyl (C=O) groups excluding carboxylic acids is 2. The summed E-state index contributed by atoms with van der Waals surface area (Å²) >= 11 is 0. The molecule has 8 heteroatoms. The first kappa shape index (κ1) is 19.8. The van der Waals surface area contributed by atoms with E-state index in [0.29, 0.717) is 0 Å². The van der Waals surface area contributed by atoms with Gasteiger partial charge in [0.15, 0.2) is 6.61 Å². The molecule has 1 aromatic carbocycles. The molecule has 3 rings (SSSR count). The molecule has 0 atom stereocenters. The van der Waals surface area contributed by atoms with E-state index in [4.69, 9.17) is 4.74 Å². The van der Waals surface area contributed by atoms with E-state index in [2.05, 4.69) is 10.0 Å². The summed E-state index contributed by atoms with van der Waals surface area (Å²) in [5.74, 6) is -0.951. The second-order valence-corrected chi connectivity index (χ2v) is 8.97. The van der Waals surface area contributed by atoms with Crippen LogP contribution in [0.25, 0.3) is 0 Å². The lowest BCUT2D eigenvalue weighted by atomic mass is 10.1. The number of carbonyl (C=O) groups is 2. The minimum atomic E-state index is -3.55. The lowest BCUT2D eigenvalue weighted by Crippen LogP contribution is -2.37. The van der Waals surface area contributed by atoms with E-state index in [1.165, 1.54) is 37.1 Å². The summed E-state index contributed by atoms with van der Waals surface area (Å²) in [5, 5.41) is 2.92. The molecule has 148 valence electrons. The molecule has 1 amide bonds. The Morgan fingerprint density at radius 2 is 1.56 bits per heavy atom. The Balaban J connectivity index is 1.48. The standard InChI is InChI=1S/C19H26N2O5S/c22-18(20-15-5-3-1-2-4-6-15)13-26-19(23)14-7-11-17(12-8-14)27(24,25)21-16-9-10-16/h7-8,11-12,15-16,21H,1-6,9-10,13H2,(H,20,22). The fraction of sp³-hybridized carbons (Fsp3) is 0.579. The minimum Gasteiger partial charge on any atom is -0.452 e. The number of hydrogen-bond acceptors (Lipinski definition) is 5. The molecule has 2 aliphatic rings. The van der Waals surface area contributed by atoms with E-state index in [1.807, 2.05) is 0 Å². The Bertz CT molecular complexity index is 764. The third-order valence-electron chi connectivity index (χ3n) is 4.85. The molecule has 2 aliphatic carbocycles. The van der Waals surface area contributed by atoms with E-state index >= 15 is 0 Å². The third-order valence-corrected chi connectivity index (χ3v) is 6.39. The molecule has 0 unspecified atom stereocenters. The Morgan fingerprint density at radius 3 is 2.15 bits per heavy atom. The number of nitrogens with one attached hydrogen (secondary N) is 2. The number of esters is 1. The highest BCUT2D eigenvalue weighted by atomic mass is 32.2. The Morgan fingerprint density at radius 1 is 0.926 bits per heavy atom. The monoisotopic (exact) mass is 394 g/mol. The van der Waals surface area contributed by atoms with E-state index < -0.39 is 16.0 Å². The topological polar surface area (TPSA) is 102 Å². The van der Waals surface area contributed by atoms with Gasteiger partial charge in [0.05, 0.1) is 10.5 Å². The van der Waals surface area contributed by atoms with Gasteiger partial charge in [-0.3, -0.25) is 4.79 Å². The maximum atomic E-state index is 12.1. The SMILES string of the molecule is O=C(COC(=O)c1ccc(S(=O)(=O)NC2CC2)cc1)NC1CCCCCC1. The Hall–Kier alpha value is -1.93. The Kier molecular flexibility index (Phi) is 6.49. The maximum Gasteiger partial charge on any atom is 0.338 e. The van der Waals surface area contributed by atoms with E-state index in [-0.39, 0.29) is 35.1 Å². The lowest BCUT2D eigenvalue weighted by molar-refractivity contribution is -0.125. The number of benzene rings is 1. The second kappa shape index (κ2) is 8.84. The van der Waals surface area contributed by atoms with Crippen LogP contribution in [0.2, 0.25) is 0 Å². The molecule has 0 spiro atoms. The number of ether oxygens (including phenoxy) is 1. The van der Waals surface area contributed by atoms with Crippen molar-refractivity contribution in [3.63, 3.8) is 0 Å². The van der Waals surface area contributed by atoms with Gasteiger partial charge in [0.2, 0.25) is 10.0 Å². The molecule has 0 aliphatic heterocycles. The molecule has 0 radical (unpaired) electrons. The van der Waals surface area contributed by atoms with Crippen molar-refractivity contribution in [2.75, 3.05) is 6.61 Å². The normalized spacial score (nSPS) is 18.5. The van der Waals surface area contributed by atoms with Crippen molar-refractivity contribution in [2.24, 2.45) is 0 Å². The van der Waals surface area contributed by atoms with Crippen LogP contribution in [0.15, 0.2) is 29.2 Å². The minimum absolute atomic E-state index is 0.0200. The maximum absolute atomic E-state index is 12.1. The number of sulfonamides is 1. The second-order valence-electron chi connectivity index (χ2n) is 7.25. The highest BCUT2D eigenvalue weighted by molar-refractivity contribution is 7.89. The highest BCUT2D eigenvalue weighted by Crippen LogP contribution is 2.22. The Labute approximate surface area is 159 Å². The zero-order chi connectivity index (χ0) is 19.3. The summed E-state index contributed by atoms with van der Waals surface area (Å²) in [7, 11) is -3.55. The number of hydrogen-bond donors (Lipinski definition) is 2. The van der Waals surface area contributed by atoms with Crippen LogP contribution in [-0.4, -0.2) is 39.0 Å². The summed E-state index contributed by atoms with van der Waals surface area (Å²) in [5.41, 5.74) is 0.211. The van der Waals surface area contributed by atoms with Gasteiger partial charge in [-0.15, -0.1) is 0 Å². The predicted octanol–water partition coefficient (Wildman–Crippen LogP) is 2.12. The first-order chi connectivity index (χ1) is 12.9. The van der Waals surface area contributed by atoms with Gasteiger partial charge in [-0.1, -0.05) is 25.7 Å². The fourth-order valence-electron chi connectivity index (χ4n) is 3.17. The van der Waals surface area contributed by atoms with Crippen molar-refractivity contribution in [3.05, 3.63) is 29.8 Å². The molecule has 0 bridgehead atoms. The highest BCUT2D eigenvalue weighted by Gasteiger charge is 2.28. The molecule has 0 heterocycles. The van der Waals surface area contributed by atoms with Gasteiger partial charge < -0.3 is 10.1 Å². The van der Waals surface area contributed by atoms with Gasteiger partial charge in [-0.25, -0.2) is 17.9 Å². The summed E-state index contributed by atoms with van der Waals surface area (Å²) in [4.78, 5) is 24.2. The van der Waals surface area contributed by atoms with Crippen LogP contribution in [-0.2, 0) is 19.6 Å². The lowest BCUT2D eigenvalue weighted by Gasteiger charge is -2.16. The first-order valence-corrected chi connectivity index (χ1v) is 11.0. The van der Waals surface area contributed by atoms with Crippen LogP contribution in [0.1, 0.15) is 61.7 Å². The van der Waals surface area contributed by atoms with Crippen LogP contribution >= 0.6 is 0 Å². The van der Waals surface area contributed by atoms with E-state index in [9.17, 15) is 18.0 Å². The molecule has 1 aromatic rings. The van der Waals surface area contributed by atoms with Crippen LogP contribution in [0.5, 0.6) is 0 Å². The van der Waals surface area contributed by atoms with Crippen LogP contribution in [0, 0.1) is 0 Å². The molecular formula is C19H26N2O5S. The summed E-state index contributed by atoms with van der Waals surface area (Å²) < 4.78 is 31.9. The zero-order valence-electron chi connectivity index (χ0n) is 15.3. The summed E-state index contributed by atoms with van der Waals surface area (Å²) in [6.45, 7) is -0.335. The summed E-state index contributed by atoms with van der Waals surface area (Å²) in [6, 6.07) is 5.70. The van der Waals surface area contributed by atoms with Crippen molar-refractivity contribution in [2.45, 2.75) is 68.3 Å². The molecule has 2 N–H and O–H groups in total. The molecule has 27 heavy (non-hydrogen) atoms.